The average molecular weight is 464 g/mol. The van der Waals surface area contributed by atoms with Crippen molar-refractivity contribution in [2.45, 2.75) is 115 Å². The molecule has 180 valence electrons. The zero-order valence-electron chi connectivity index (χ0n) is 19.7. The molecule has 1 heterocycles. The summed E-state index contributed by atoms with van der Waals surface area (Å²) < 4.78 is 0. The molecule has 0 aliphatic heterocycles. The van der Waals surface area contributed by atoms with Crippen LogP contribution >= 0.6 is 11.3 Å². The Morgan fingerprint density at radius 3 is 2.06 bits per heavy atom. The molecule has 1 aromatic heterocycles. The first-order chi connectivity index (χ1) is 15.3. The van der Waals surface area contributed by atoms with Crippen molar-refractivity contribution in [2.24, 2.45) is 17.8 Å². The smallest absolute Gasteiger partial charge is 0.348 e. The normalized spacial score (nSPS) is 34.8. The second-order valence-corrected chi connectivity index (χ2v) is 12.0. The van der Waals surface area contributed by atoms with Crippen molar-refractivity contribution in [3.63, 3.8) is 0 Å². The zero-order chi connectivity index (χ0) is 22.8. The van der Waals surface area contributed by atoms with Crippen LogP contribution in [0, 0.1) is 17.8 Å². The summed E-state index contributed by atoms with van der Waals surface area (Å²) in [5, 5.41) is 31.8. The molecule has 3 N–H and O–H groups in total. The standard InChI is InChI=1S/C26H41NO4S/c1-16-3-7-18(8-4-16)23-15-22(24(32-23)26(30)31)27(20-11-13-21(28)14-12-20)25(29)19-9-5-17(2)6-10-19/h15-21,25,28-29H,3-14H2,1-2H3,(H,30,31). The van der Waals surface area contributed by atoms with Crippen LogP contribution in [0.15, 0.2) is 6.07 Å². The van der Waals surface area contributed by atoms with Gasteiger partial charge in [-0.15, -0.1) is 11.3 Å². The predicted molar refractivity (Wildman–Crippen MR) is 130 cm³/mol. The number of anilines is 1. The van der Waals surface area contributed by atoms with Crippen LogP contribution in [0.1, 0.15) is 111 Å². The second-order valence-electron chi connectivity index (χ2n) is 10.9. The molecule has 0 spiro atoms. The maximum atomic E-state index is 12.3. The lowest BCUT2D eigenvalue weighted by Crippen LogP contribution is -2.50. The summed E-state index contributed by atoms with van der Waals surface area (Å²) in [4.78, 5) is 15.9. The average Bonchev–Trinajstić information content (AvgIpc) is 3.21. The van der Waals surface area contributed by atoms with E-state index >= 15 is 0 Å². The largest absolute Gasteiger partial charge is 0.477 e. The number of nitrogens with zero attached hydrogens (tertiary/aromatic N) is 1. The lowest BCUT2D eigenvalue weighted by atomic mass is 9.80. The minimum Gasteiger partial charge on any atom is -0.477 e. The van der Waals surface area contributed by atoms with Crippen LogP contribution in [0.4, 0.5) is 5.69 Å². The molecule has 3 fully saturated rings. The van der Waals surface area contributed by atoms with E-state index in [4.69, 9.17) is 0 Å². The molecule has 3 aliphatic carbocycles. The molecule has 1 unspecified atom stereocenters. The van der Waals surface area contributed by atoms with Gasteiger partial charge in [-0.3, -0.25) is 0 Å². The number of carboxylic acids is 1. The van der Waals surface area contributed by atoms with Crippen LogP contribution in [0.3, 0.4) is 0 Å². The molecule has 4 rings (SSSR count). The van der Waals surface area contributed by atoms with Gasteiger partial charge in [0.1, 0.15) is 11.1 Å². The number of thiophene rings is 1. The Labute approximate surface area is 196 Å². The predicted octanol–water partition coefficient (Wildman–Crippen LogP) is 5.99. The van der Waals surface area contributed by atoms with Gasteiger partial charge in [0.15, 0.2) is 0 Å². The Hall–Kier alpha value is -1.11. The lowest BCUT2D eigenvalue weighted by molar-refractivity contribution is 0.0520. The van der Waals surface area contributed by atoms with Crippen LogP contribution < -0.4 is 4.90 Å². The van der Waals surface area contributed by atoms with Crippen molar-refractivity contribution in [1.82, 2.24) is 0 Å². The summed E-state index contributed by atoms with van der Waals surface area (Å²) >= 11 is 1.43. The second kappa shape index (κ2) is 10.4. The van der Waals surface area contributed by atoms with E-state index in [2.05, 4.69) is 24.8 Å². The monoisotopic (exact) mass is 463 g/mol. The molecule has 1 atom stereocenters. The molecule has 0 amide bonds. The highest BCUT2D eigenvalue weighted by Crippen LogP contribution is 2.45. The zero-order valence-corrected chi connectivity index (χ0v) is 20.5. The Bertz CT molecular complexity index is 756. The van der Waals surface area contributed by atoms with E-state index in [0.717, 1.165) is 75.8 Å². The van der Waals surface area contributed by atoms with Gasteiger partial charge in [-0.2, -0.15) is 0 Å². The highest BCUT2D eigenvalue weighted by molar-refractivity contribution is 7.14. The molecule has 6 heteroatoms. The SMILES string of the molecule is CC1CCC(c2cc(N(C3CCC(O)CC3)C(O)C3CCC(C)CC3)c(C(=O)O)s2)CC1. The number of hydrogen-bond acceptors (Lipinski definition) is 5. The van der Waals surface area contributed by atoms with Gasteiger partial charge in [0.25, 0.3) is 0 Å². The quantitative estimate of drug-likeness (QED) is 0.451. The Kier molecular flexibility index (Phi) is 7.84. The number of hydrogen-bond donors (Lipinski definition) is 3. The highest BCUT2D eigenvalue weighted by atomic mass is 32.1. The van der Waals surface area contributed by atoms with E-state index < -0.39 is 12.2 Å². The van der Waals surface area contributed by atoms with Crippen LogP contribution in [0.5, 0.6) is 0 Å². The topological polar surface area (TPSA) is 81.0 Å². The van der Waals surface area contributed by atoms with Gasteiger partial charge in [0.05, 0.1) is 11.8 Å². The van der Waals surface area contributed by atoms with Crippen molar-refractivity contribution < 1.29 is 20.1 Å². The van der Waals surface area contributed by atoms with Gasteiger partial charge in [-0.25, -0.2) is 4.79 Å². The van der Waals surface area contributed by atoms with Gasteiger partial charge in [-0.05, 0) is 75.2 Å². The van der Waals surface area contributed by atoms with E-state index in [0.29, 0.717) is 16.7 Å². The number of carbonyl (C=O) groups is 1. The van der Waals surface area contributed by atoms with Crippen LogP contribution in [-0.4, -0.2) is 39.7 Å². The molecular formula is C26H41NO4S. The third-order valence-electron chi connectivity index (χ3n) is 8.45. The number of aromatic carboxylic acids is 1. The first kappa shape index (κ1) is 24.0. The molecule has 32 heavy (non-hydrogen) atoms. The van der Waals surface area contributed by atoms with Gasteiger partial charge in [0, 0.05) is 16.8 Å². The van der Waals surface area contributed by atoms with Gasteiger partial charge >= 0.3 is 5.97 Å². The third kappa shape index (κ3) is 5.34. The van der Waals surface area contributed by atoms with Crippen molar-refractivity contribution in [2.75, 3.05) is 4.90 Å². The molecule has 0 saturated heterocycles. The Morgan fingerprint density at radius 2 is 1.50 bits per heavy atom. The van der Waals surface area contributed by atoms with Crippen molar-refractivity contribution >= 4 is 23.0 Å². The number of carboxylic acid groups (broad SMARTS) is 1. The summed E-state index contributed by atoms with van der Waals surface area (Å²) in [5.41, 5.74) is 0.726. The van der Waals surface area contributed by atoms with Gasteiger partial charge in [0.2, 0.25) is 0 Å². The number of aliphatic hydroxyl groups excluding tert-OH is 2. The molecule has 0 radical (unpaired) electrons. The van der Waals surface area contributed by atoms with Crippen LogP contribution in [0.2, 0.25) is 0 Å². The van der Waals surface area contributed by atoms with E-state index in [1.54, 1.807) is 0 Å². The third-order valence-corrected chi connectivity index (χ3v) is 9.72. The molecular weight excluding hydrogens is 422 g/mol. The maximum Gasteiger partial charge on any atom is 0.348 e. The van der Waals surface area contributed by atoms with E-state index in [9.17, 15) is 20.1 Å². The fourth-order valence-corrected chi connectivity index (χ4v) is 7.36. The maximum absolute atomic E-state index is 12.3. The van der Waals surface area contributed by atoms with Crippen LogP contribution in [-0.2, 0) is 0 Å². The summed E-state index contributed by atoms with van der Waals surface area (Å²) in [6.07, 6.45) is 11.0. The summed E-state index contributed by atoms with van der Waals surface area (Å²) in [6.45, 7) is 4.58. The van der Waals surface area contributed by atoms with Crippen molar-refractivity contribution in [3.05, 3.63) is 15.8 Å². The minimum atomic E-state index is -0.884. The highest BCUT2D eigenvalue weighted by Gasteiger charge is 2.38. The number of rotatable bonds is 6. The van der Waals surface area contributed by atoms with E-state index in [1.165, 1.54) is 29.1 Å². The van der Waals surface area contributed by atoms with Crippen molar-refractivity contribution in [1.29, 1.82) is 0 Å². The fourth-order valence-electron chi connectivity index (χ4n) is 6.19. The minimum absolute atomic E-state index is 0.0830. The first-order valence-corrected chi connectivity index (χ1v) is 13.7. The van der Waals surface area contributed by atoms with E-state index in [-0.39, 0.29) is 18.1 Å². The molecule has 0 bridgehead atoms. The molecule has 3 saturated carbocycles. The Morgan fingerprint density at radius 1 is 0.938 bits per heavy atom. The summed E-state index contributed by atoms with van der Waals surface area (Å²) in [5.74, 6) is 1.19. The summed E-state index contributed by atoms with van der Waals surface area (Å²) in [7, 11) is 0. The fraction of sp³-hybridized carbons (Fsp3) is 0.808. The number of aliphatic hydroxyl groups is 2. The molecule has 5 nitrogen and oxygen atoms in total. The van der Waals surface area contributed by atoms with E-state index in [1.807, 2.05) is 0 Å². The summed E-state index contributed by atoms with van der Waals surface area (Å²) in [6, 6.07) is 2.19. The molecule has 0 aromatic carbocycles. The van der Waals surface area contributed by atoms with Crippen LogP contribution in [0.25, 0.3) is 0 Å². The van der Waals surface area contributed by atoms with Gasteiger partial charge in [-0.1, -0.05) is 39.5 Å². The molecule has 3 aliphatic rings. The van der Waals surface area contributed by atoms with Gasteiger partial charge < -0.3 is 20.2 Å². The lowest BCUT2D eigenvalue weighted by Gasteiger charge is -2.44. The van der Waals surface area contributed by atoms with Crippen molar-refractivity contribution in [3.8, 4) is 0 Å². The Balaban J connectivity index is 1.65. The first-order valence-electron chi connectivity index (χ1n) is 12.8. The molecule has 1 aromatic rings.